The lowest BCUT2D eigenvalue weighted by molar-refractivity contribution is 0.542. The Labute approximate surface area is 119 Å². The molecule has 5 nitrogen and oxygen atoms in total. The Morgan fingerprint density at radius 2 is 1.80 bits per heavy atom. The normalized spacial score (nSPS) is 11.9. The van der Waals surface area contributed by atoms with E-state index in [-0.39, 0.29) is 11.0 Å². The topological polar surface area (TPSA) is 60.1 Å². The van der Waals surface area contributed by atoms with Gasteiger partial charge in [0.25, 0.3) is 5.56 Å². The van der Waals surface area contributed by atoms with Gasteiger partial charge in [0.05, 0.1) is 0 Å². The molecule has 6 heteroatoms. The van der Waals surface area contributed by atoms with Crippen LogP contribution in [0.15, 0.2) is 35.1 Å². The Hall–Kier alpha value is -2.08. The molecule has 0 radical (unpaired) electrons. The summed E-state index contributed by atoms with van der Waals surface area (Å²) in [5.74, 6) is 0. The van der Waals surface area contributed by atoms with Crippen LogP contribution in [0.1, 0.15) is 26.5 Å². The molecule has 0 saturated heterocycles. The van der Waals surface area contributed by atoms with Crippen LogP contribution in [0.25, 0.3) is 15.5 Å². The standard InChI is InChI=1S/C14H14N4OS/c1-14(2,3)10-12(19)18-13(16-15-10)20-11(17-18)9-7-5-4-6-8-9/h4-8H,1-3H3. The lowest BCUT2D eigenvalue weighted by Crippen LogP contribution is -2.30. The molecule has 20 heavy (non-hydrogen) atoms. The van der Waals surface area contributed by atoms with Crippen molar-refractivity contribution in [1.82, 2.24) is 19.8 Å². The van der Waals surface area contributed by atoms with E-state index in [0.29, 0.717) is 10.7 Å². The molecule has 0 atom stereocenters. The van der Waals surface area contributed by atoms with Gasteiger partial charge in [0.2, 0.25) is 4.96 Å². The van der Waals surface area contributed by atoms with Gasteiger partial charge in [0.15, 0.2) is 0 Å². The first-order chi connectivity index (χ1) is 9.47. The summed E-state index contributed by atoms with van der Waals surface area (Å²) in [6.07, 6.45) is 0. The van der Waals surface area contributed by atoms with Crippen molar-refractivity contribution in [2.75, 3.05) is 0 Å². The maximum atomic E-state index is 12.4. The van der Waals surface area contributed by atoms with Crippen molar-refractivity contribution < 1.29 is 0 Å². The molecule has 0 unspecified atom stereocenters. The van der Waals surface area contributed by atoms with Gasteiger partial charge in [-0.05, 0) is 0 Å². The van der Waals surface area contributed by atoms with Crippen molar-refractivity contribution in [3.63, 3.8) is 0 Å². The zero-order valence-corrected chi connectivity index (χ0v) is 12.3. The first-order valence-corrected chi connectivity index (χ1v) is 7.11. The van der Waals surface area contributed by atoms with Crippen molar-refractivity contribution in [2.45, 2.75) is 26.2 Å². The fraction of sp³-hybridized carbons (Fsp3) is 0.286. The second-order valence-corrected chi connectivity index (χ2v) is 6.53. The highest BCUT2D eigenvalue weighted by Gasteiger charge is 2.23. The number of hydrogen-bond donors (Lipinski definition) is 0. The lowest BCUT2D eigenvalue weighted by Gasteiger charge is -2.14. The third kappa shape index (κ3) is 2.12. The van der Waals surface area contributed by atoms with E-state index in [1.54, 1.807) is 0 Å². The average Bonchev–Trinajstić information content (AvgIpc) is 2.83. The molecule has 0 fully saturated rings. The summed E-state index contributed by atoms with van der Waals surface area (Å²) in [5.41, 5.74) is 0.863. The second kappa shape index (κ2) is 4.49. The number of fused-ring (bicyclic) bond motifs is 1. The number of rotatable bonds is 1. The van der Waals surface area contributed by atoms with Crippen LogP contribution in [0.3, 0.4) is 0 Å². The molecule has 0 aliphatic rings. The molecule has 1 aromatic carbocycles. The molecule has 0 N–H and O–H groups in total. The van der Waals surface area contributed by atoms with Gasteiger partial charge >= 0.3 is 0 Å². The predicted molar refractivity (Wildman–Crippen MR) is 79.1 cm³/mol. The van der Waals surface area contributed by atoms with Crippen LogP contribution in [0.2, 0.25) is 0 Å². The van der Waals surface area contributed by atoms with Crippen LogP contribution in [-0.4, -0.2) is 19.8 Å². The van der Waals surface area contributed by atoms with Crippen LogP contribution in [0, 0.1) is 0 Å². The van der Waals surface area contributed by atoms with Crippen LogP contribution in [0.4, 0.5) is 0 Å². The van der Waals surface area contributed by atoms with Crippen LogP contribution in [-0.2, 0) is 5.41 Å². The van der Waals surface area contributed by atoms with E-state index >= 15 is 0 Å². The largest absolute Gasteiger partial charge is 0.297 e. The molecule has 3 rings (SSSR count). The Kier molecular flexibility index (Phi) is 2.90. The van der Waals surface area contributed by atoms with E-state index in [4.69, 9.17) is 0 Å². The summed E-state index contributed by atoms with van der Waals surface area (Å²) >= 11 is 1.36. The third-order valence-corrected chi connectivity index (χ3v) is 3.87. The monoisotopic (exact) mass is 286 g/mol. The quantitative estimate of drug-likeness (QED) is 0.689. The molecule has 0 amide bonds. The third-order valence-electron chi connectivity index (χ3n) is 2.92. The van der Waals surface area contributed by atoms with E-state index in [1.807, 2.05) is 51.1 Å². The molecule has 0 aliphatic heterocycles. The van der Waals surface area contributed by atoms with Crippen LogP contribution < -0.4 is 5.56 Å². The Morgan fingerprint density at radius 1 is 1.10 bits per heavy atom. The summed E-state index contributed by atoms with van der Waals surface area (Å²) in [4.78, 5) is 12.9. The summed E-state index contributed by atoms with van der Waals surface area (Å²) < 4.78 is 1.35. The first kappa shape index (κ1) is 12.9. The van der Waals surface area contributed by atoms with E-state index in [0.717, 1.165) is 10.6 Å². The Balaban J connectivity index is 2.23. The van der Waals surface area contributed by atoms with Gasteiger partial charge in [0.1, 0.15) is 10.7 Å². The molecule has 2 heterocycles. The summed E-state index contributed by atoms with van der Waals surface area (Å²) in [6.45, 7) is 5.82. The van der Waals surface area contributed by atoms with Crippen LogP contribution >= 0.6 is 11.3 Å². The zero-order valence-electron chi connectivity index (χ0n) is 11.5. The predicted octanol–water partition coefficient (Wildman–Crippen LogP) is 2.51. The van der Waals surface area contributed by atoms with E-state index < -0.39 is 0 Å². The van der Waals surface area contributed by atoms with Crippen molar-refractivity contribution in [3.05, 3.63) is 46.4 Å². The van der Waals surface area contributed by atoms with Gasteiger partial charge in [-0.15, -0.1) is 10.2 Å². The van der Waals surface area contributed by atoms with Gasteiger partial charge in [-0.3, -0.25) is 4.79 Å². The summed E-state index contributed by atoms with van der Waals surface area (Å²) in [7, 11) is 0. The average molecular weight is 286 g/mol. The smallest absolute Gasteiger partial charge is 0.265 e. The maximum Gasteiger partial charge on any atom is 0.297 e. The van der Waals surface area contributed by atoms with E-state index in [2.05, 4.69) is 15.3 Å². The molecule has 0 saturated carbocycles. The molecule has 2 aromatic heterocycles. The van der Waals surface area contributed by atoms with Crippen LogP contribution in [0.5, 0.6) is 0 Å². The minimum atomic E-state index is -0.345. The Bertz CT molecular complexity index is 815. The van der Waals surface area contributed by atoms with Gasteiger partial charge in [-0.2, -0.15) is 9.61 Å². The number of aromatic nitrogens is 4. The SMILES string of the molecule is CC(C)(C)c1nnc2sc(-c3ccccc3)nn2c1=O. The second-order valence-electron chi connectivity index (χ2n) is 5.57. The fourth-order valence-electron chi connectivity index (χ4n) is 1.88. The van der Waals surface area contributed by atoms with Gasteiger partial charge in [-0.1, -0.05) is 62.4 Å². The molecular weight excluding hydrogens is 272 g/mol. The minimum Gasteiger partial charge on any atom is -0.265 e. The van der Waals surface area contributed by atoms with Crippen molar-refractivity contribution in [2.24, 2.45) is 0 Å². The molecule has 0 bridgehead atoms. The van der Waals surface area contributed by atoms with Gasteiger partial charge in [0, 0.05) is 11.0 Å². The van der Waals surface area contributed by atoms with Crippen molar-refractivity contribution in [1.29, 1.82) is 0 Å². The first-order valence-electron chi connectivity index (χ1n) is 6.29. The van der Waals surface area contributed by atoms with Gasteiger partial charge < -0.3 is 0 Å². The molecule has 102 valence electrons. The Morgan fingerprint density at radius 3 is 2.45 bits per heavy atom. The van der Waals surface area contributed by atoms with Crippen molar-refractivity contribution >= 4 is 16.3 Å². The molecule has 0 aliphatic carbocycles. The van der Waals surface area contributed by atoms with Crippen molar-refractivity contribution in [3.8, 4) is 10.6 Å². The summed E-state index contributed by atoms with van der Waals surface area (Å²) in [5, 5.41) is 13.3. The summed E-state index contributed by atoms with van der Waals surface area (Å²) in [6, 6.07) is 9.75. The minimum absolute atomic E-state index is 0.194. The van der Waals surface area contributed by atoms with E-state index in [1.165, 1.54) is 15.9 Å². The molecule has 0 spiro atoms. The van der Waals surface area contributed by atoms with Gasteiger partial charge in [-0.25, -0.2) is 0 Å². The highest BCUT2D eigenvalue weighted by molar-refractivity contribution is 7.19. The van der Waals surface area contributed by atoms with E-state index in [9.17, 15) is 4.79 Å². The highest BCUT2D eigenvalue weighted by Crippen LogP contribution is 2.24. The number of benzene rings is 1. The number of hydrogen-bond acceptors (Lipinski definition) is 5. The lowest BCUT2D eigenvalue weighted by atomic mass is 9.93. The highest BCUT2D eigenvalue weighted by atomic mass is 32.1. The fourth-order valence-corrected chi connectivity index (χ4v) is 2.72. The molecular formula is C14H14N4OS. The maximum absolute atomic E-state index is 12.4. The zero-order chi connectivity index (χ0) is 14.3. The number of nitrogens with zero attached hydrogens (tertiary/aromatic N) is 4. The molecule has 3 aromatic rings.